The predicted octanol–water partition coefficient (Wildman–Crippen LogP) is 3.66. The molecular formula is C22H46O5. The van der Waals surface area contributed by atoms with Crippen molar-refractivity contribution < 1.29 is 25.2 Å². The third-order valence-electron chi connectivity index (χ3n) is 6.07. The first-order chi connectivity index (χ1) is 12.9. The number of rotatable bonds is 18. The van der Waals surface area contributed by atoms with Gasteiger partial charge in [-0.1, -0.05) is 79.1 Å². The maximum Gasteiger partial charge on any atom is 0.114 e. The van der Waals surface area contributed by atoms with Crippen molar-refractivity contribution in [1.82, 2.24) is 0 Å². The monoisotopic (exact) mass is 390 g/mol. The van der Waals surface area contributed by atoms with Crippen LogP contribution in [0.25, 0.3) is 0 Å². The average molecular weight is 391 g/mol. The highest BCUT2D eigenvalue weighted by Gasteiger charge is 2.39. The molecule has 0 aliphatic heterocycles. The van der Waals surface area contributed by atoms with E-state index < -0.39 is 11.2 Å². The first kappa shape index (κ1) is 26.8. The molecule has 0 aliphatic carbocycles. The molecule has 0 amide bonds. The number of aliphatic hydroxyl groups is 4. The molecule has 0 aliphatic rings. The molecule has 5 heteroatoms. The molecule has 0 saturated carbocycles. The first-order valence-corrected chi connectivity index (χ1v) is 11.1. The molecule has 0 fully saturated rings. The zero-order valence-corrected chi connectivity index (χ0v) is 18.3. The smallest absolute Gasteiger partial charge is 0.114 e. The lowest BCUT2D eigenvalue weighted by atomic mass is 9.81. The van der Waals surface area contributed by atoms with Crippen molar-refractivity contribution in [2.75, 3.05) is 26.4 Å². The summed E-state index contributed by atoms with van der Waals surface area (Å²) in [5.74, 6) is -0.0782. The van der Waals surface area contributed by atoms with E-state index in [-0.39, 0.29) is 38.3 Å². The zero-order chi connectivity index (χ0) is 20.8. The number of hydrogen-bond donors (Lipinski definition) is 4. The van der Waals surface area contributed by atoms with Gasteiger partial charge in [-0.25, -0.2) is 0 Å². The lowest BCUT2D eigenvalue weighted by Crippen LogP contribution is -2.50. The Hall–Kier alpha value is -0.200. The minimum atomic E-state index is -1.30. The average Bonchev–Trinajstić information content (AvgIpc) is 2.68. The second-order valence-corrected chi connectivity index (χ2v) is 8.22. The summed E-state index contributed by atoms with van der Waals surface area (Å²) in [4.78, 5) is 0. The third kappa shape index (κ3) is 9.23. The highest BCUT2D eigenvalue weighted by molar-refractivity contribution is 4.88. The van der Waals surface area contributed by atoms with Crippen LogP contribution in [0.1, 0.15) is 91.9 Å². The summed E-state index contributed by atoms with van der Waals surface area (Å²) in [5.41, 5.74) is -2.61. The van der Waals surface area contributed by atoms with Gasteiger partial charge in [-0.3, -0.25) is 0 Å². The van der Waals surface area contributed by atoms with Gasteiger partial charge in [0.1, 0.15) is 11.2 Å². The highest BCUT2D eigenvalue weighted by Crippen LogP contribution is 2.30. The molecule has 4 unspecified atom stereocenters. The van der Waals surface area contributed by atoms with E-state index in [2.05, 4.69) is 13.8 Å². The van der Waals surface area contributed by atoms with Gasteiger partial charge >= 0.3 is 0 Å². The largest absolute Gasteiger partial charge is 0.393 e. The molecule has 0 spiro atoms. The Bertz CT molecular complexity index is 320. The van der Waals surface area contributed by atoms with Crippen LogP contribution in [0, 0.1) is 11.8 Å². The van der Waals surface area contributed by atoms with Crippen LogP contribution in [0.4, 0.5) is 0 Å². The molecule has 0 rings (SSSR count). The predicted molar refractivity (Wildman–Crippen MR) is 111 cm³/mol. The van der Waals surface area contributed by atoms with Gasteiger partial charge in [0.25, 0.3) is 0 Å². The van der Waals surface area contributed by atoms with Crippen molar-refractivity contribution in [2.24, 2.45) is 11.8 Å². The molecule has 164 valence electrons. The van der Waals surface area contributed by atoms with E-state index in [1.165, 1.54) is 0 Å². The maximum atomic E-state index is 10.9. The van der Waals surface area contributed by atoms with Crippen LogP contribution >= 0.6 is 0 Å². The fourth-order valence-electron chi connectivity index (χ4n) is 3.98. The van der Waals surface area contributed by atoms with Crippen molar-refractivity contribution in [3.05, 3.63) is 0 Å². The van der Waals surface area contributed by atoms with Crippen molar-refractivity contribution in [3.63, 3.8) is 0 Å². The molecule has 4 atom stereocenters. The summed E-state index contributed by atoms with van der Waals surface area (Å²) in [6.45, 7) is 7.55. The normalized spacial score (nSPS) is 18.7. The maximum absolute atomic E-state index is 10.9. The molecule has 0 heterocycles. The van der Waals surface area contributed by atoms with Gasteiger partial charge in [-0.05, 0) is 24.7 Å². The van der Waals surface area contributed by atoms with Gasteiger partial charge in [-0.15, -0.1) is 0 Å². The Balaban J connectivity index is 4.80. The lowest BCUT2D eigenvalue weighted by molar-refractivity contribution is -0.160. The molecule has 0 aromatic carbocycles. The quantitative estimate of drug-likeness (QED) is 0.268. The second kappa shape index (κ2) is 14.7. The fourth-order valence-corrected chi connectivity index (χ4v) is 3.98. The zero-order valence-electron chi connectivity index (χ0n) is 18.3. The molecule has 0 saturated heterocycles. The van der Waals surface area contributed by atoms with Crippen LogP contribution in [0.3, 0.4) is 0 Å². The Kier molecular flexibility index (Phi) is 14.6. The van der Waals surface area contributed by atoms with Crippen LogP contribution in [0.15, 0.2) is 0 Å². The van der Waals surface area contributed by atoms with Crippen molar-refractivity contribution in [1.29, 1.82) is 0 Å². The van der Waals surface area contributed by atoms with E-state index in [0.29, 0.717) is 0 Å². The van der Waals surface area contributed by atoms with Gasteiger partial charge in [0.15, 0.2) is 0 Å². The topological polar surface area (TPSA) is 90.2 Å². The van der Waals surface area contributed by atoms with E-state index >= 15 is 0 Å². The van der Waals surface area contributed by atoms with Gasteiger partial charge in [0.2, 0.25) is 0 Å². The molecule has 0 bridgehead atoms. The Labute approximate surface area is 167 Å². The van der Waals surface area contributed by atoms with Gasteiger partial charge in [0.05, 0.1) is 26.4 Å². The molecule has 27 heavy (non-hydrogen) atoms. The van der Waals surface area contributed by atoms with Crippen LogP contribution in [0.5, 0.6) is 0 Å². The molecule has 0 radical (unpaired) electrons. The first-order valence-electron chi connectivity index (χ1n) is 11.1. The third-order valence-corrected chi connectivity index (χ3v) is 6.07. The van der Waals surface area contributed by atoms with Gasteiger partial charge in [-0.2, -0.15) is 0 Å². The summed E-state index contributed by atoms with van der Waals surface area (Å²) in [7, 11) is 0. The standard InChI is InChI=1S/C22H46O5/c1-5-9-11-13-19(7-3)21(25,15-23)17-27-18-22(26,16-24)20(8-4)14-12-10-6-2/h19-20,23-26H,5-18H2,1-4H3. The molecule has 0 aromatic heterocycles. The summed E-state index contributed by atoms with van der Waals surface area (Å²) in [6, 6.07) is 0. The number of unbranched alkanes of at least 4 members (excludes halogenated alkanes) is 4. The molecule has 0 aromatic rings. The number of ether oxygens (including phenoxy) is 1. The Morgan fingerprint density at radius 1 is 0.667 bits per heavy atom. The van der Waals surface area contributed by atoms with E-state index in [0.717, 1.165) is 64.2 Å². The van der Waals surface area contributed by atoms with E-state index in [4.69, 9.17) is 4.74 Å². The van der Waals surface area contributed by atoms with E-state index in [9.17, 15) is 20.4 Å². The SMILES string of the molecule is CCCCCC(CC)C(O)(CO)COCC(O)(CO)C(CC)CCCCC. The van der Waals surface area contributed by atoms with Crippen LogP contribution in [0.2, 0.25) is 0 Å². The van der Waals surface area contributed by atoms with E-state index in [1.807, 2.05) is 13.8 Å². The Morgan fingerprint density at radius 3 is 1.30 bits per heavy atom. The number of hydrogen-bond acceptors (Lipinski definition) is 5. The van der Waals surface area contributed by atoms with E-state index in [1.54, 1.807) is 0 Å². The van der Waals surface area contributed by atoms with Crippen molar-refractivity contribution in [3.8, 4) is 0 Å². The van der Waals surface area contributed by atoms with Gasteiger partial charge < -0.3 is 25.2 Å². The Morgan fingerprint density at radius 2 is 1.04 bits per heavy atom. The summed E-state index contributed by atoms with van der Waals surface area (Å²) in [5, 5.41) is 41.4. The van der Waals surface area contributed by atoms with Crippen LogP contribution < -0.4 is 0 Å². The molecular weight excluding hydrogens is 344 g/mol. The molecule has 4 N–H and O–H groups in total. The minimum Gasteiger partial charge on any atom is -0.393 e. The summed E-state index contributed by atoms with van der Waals surface area (Å²) >= 11 is 0. The number of aliphatic hydroxyl groups excluding tert-OH is 2. The second-order valence-electron chi connectivity index (χ2n) is 8.22. The fraction of sp³-hybridized carbons (Fsp3) is 1.00. The highest BCUT2D eigenvalue weighted by atomic mass is 16.5. The minimum absolute atomic E-state index is 0.0260. The van der Waals surface area contributed by atoms with Crippen molar-refractivity contribution in [2.45, 2.75) is 103 Å². The summed E-state index contributed by atoms with van der Waals surface area (Å²) in [6.07, 6.45) is 9.73. The van der Waals surface area contributed by atoms with Crippen LogP contribution in [-0.4, -0.2) is 58.1 Å². The summed E-state index contributed by atoms with van der Waals surface area (Å²) < 4.78 is 5.70. The van der Waals surface area contributed by atoms with Crippen molar-refractivity contribution >= 4 is 0 Å². The molecule has 5 nitrogen and oxygen atoms in total. The van der Waals surface area contributed by atoms with Gasteiger partial charge in [0, 0.05) is 0 Å². The lowest BCUT2D eigenvalue weighted by Gasteiger charge is -2.37. The van der Waals surface area contributed by atoms with Crippen LogP contribution in [-0.2, 0) is 4.74 Å².